The van der Waals surface area contributed by atoms with Gasteiger partial charge in [0.25, 0.3) is 0 Å². The molecule has 0 fully saturated rings. The molecule has 0 N–H and O–H groups in total. The van der Waals surface area contributed by atoms with Crippen LogP contribution in [0.25, 0.3) is 110 Å². The fourth-order valence-corrected chi connectivity index (χ4v) is 14.5. The topological polar surface area (TPSA) is 40.1 Å². The Bertz CT molecular complexity index is 5030. The highest BCUT2D eigenvalue weighted by Gasteiger charge is 2.29. The fourth-order valence-electron chi connectivity index (χ4n) is 13.4. The Hall–Kier alpha value is -9.43. The molecule has 84 heavy (non-hydrogen) atoms. The number of para-hydroxylation sites is 5. The predicted octanol–water partition coefficient (Wildman–Crippen LogP) is 20.5. The number of benzene rings is 10. The van der Waals surface area contributed by atoms with Gasteiger partial charge in [0.15, 0.2) is 0 Å². The highest BCUT2D eigenvalue weighted by atomic mass is 28.3. The van der Waals surface area contributed by atoms with Crippen LogP contribution in [-0.2, 0) is 17.5 Å². The van der Waals surface area contributed by atoms with Crippen LogP contribution in [0.3, 0.4) is 0 Å². The molecule has 410 valence electrons. The normalized spacial score (nSPS) is 13.0. The minimum atomic E-state index is -1.76. The van der Waals surface area contributed by atoms with Gasteiger partial charge >= 0.3 is 0 Å². The minimum absolute atomic E-state index is 0.0390. The van der Waals surface area contributed by atoms with Gasteiger partial charge in [0.1, 0.15) is 24.0 Å². The molecule has 0 saturated carbocycles. The van der Waals surface area contributed by atoms with Crippen molar-refractivity contribution in [3.8, 4) is 34.1 Å². The lowest BCUT2D eigenvalue weighted by molar-refractivity contribution is 0.483. The van der Waals surface area contributed by atoms with Gasteiger partial charge < -0.3 is 18.8 Å². The van der Waals surface area contributed by atoms with Crippen molar-refractivity contribution >= 4 is 112 Å². The highest BCUT2D eigenvalue weighted by Crippen LogP contribution is 2.47. The number of hydrogen-bond acceptors (Lipinski definition) is 3. The summed E-state index contributed by atoms with van der Waals surface area (Å²) in [6.07, 6.45) is 1.95. The Morgan fingerprint density at radius 2 is 0.964 bits per heavy atom. The summed E-state index contributed by atoms with van der Waals surface area (Å²) in [5.41, 5.74) is 14.9. The SMILES string of the molecule is CC(C)(C)c1cc(-c2cccc3c4ccccc4c4ccccc4c4cccc5c4n(c23)CN5c2cccc(Oc3cc(-n4c5ccccc5c5ccccc54)c4c5ccccc5n(-c5cc(C(C)(C)C)ccn5)c4c3)c2)cc([Si](C)(C)C)c1. The van der Waals surface area contributed by atoms with Crippen LogP contribution in [0.4, 0.5) is 11.4 Å². The molecular weight excluding hydrogens is 1040 g/mol. The molecule has 0 amide bonds. The molecule has 5 heterocycles. The highest BCUT2D eigenvalue weighted by molar-refractivity contribution is 6.88. The van der Waals surface area contributed by atoms with Crippen LogP contribution in [0.2, 0.25) is 19.6 Å². The van der Waals surface area contributed by atoms with Crippen molar-refractivity contribution < 1.29 is 4.74 Å². The number of nitrogens with zero attached hydrogens (tertiary/aromatic N) is 5. The maximum Gasteiger partial charge on any atom is 0.137 e. The third-order valence-corrected chi connectivity index (χ3v) is 19.6. The van der Waals surface area contributed by atoms with Gasteiger partial charge in [-0.2, -0.15) is 0 Å². The second-order valence-electron chi connectivity index (χ2n) is 26.1. The molecule has 14 aromatic rings. The van der Waals surface area contributed by atoms with Gasteiger partial charge in [-0.05, 0) is 97.6 Å². The summed E-state index contributed by atoms with van der Waals surface area (Å²) in [5.74, 6) is 2.34. The second kappa shape index (κ2) is 19.1. The van der Waals surface area contributed by atoms with E-state index in [1.54, 1.807) is 0 Å². The smallest absolute Gasteiger partial charge is 0.137 e. The Kier molecular flexibility index (Phi) is 11.7. The van der Waals surface area contributed by atoms with E-state index >= 15 is 0 Å². The lowest BCUT2D eigenvalue weighted by atomic mass is 9.85. The van der Waals surface area contributed by atoms with Gasteiger partial charge in [-0.25, -0.2) is 4.98 Å². The lowest BCUT2D eigenvalue weighted by Gasteiger charge is -2.26. The number of anilines is 2. The second-order valence-corrected chi connectivity index (χ2v) is 31.2. The molecule has 1 aliphatic rings. The maximum absolute atomic E-state index is 7.36. The molecule has 0 bridgehead atoms. The first-order chi connectivity index (χ1) is 40.6. The number of aromatic nitrogens is 4. The van der Waals surface area contributed by atoms with Crippen molar-refractivity contribution in [2.45, 2.75) is 78.7 Å². The van der Waals surface area contributed by atoms with Crippen LogP contribution >= 0.6 is 0 Å². The zero-order valence-electron chi connectivity index (χ0n) is 49.3. The van der Waals surface area contributed by atoms with Crippen LogP contribution < -0.4 is 14.8 Å². The Balaban J connectivity index is 0.959. The lowest BCUT2D eigenvalue weighted by Crippen LogP contribution is -2.38. The number of fused-ring (bicyclic) bond motifs is 13. The van der Waals surface area contributed by atoms with E-state index in [9.17, 15) is 0 Å². The van der Waals surface area contributed by atoms with E-state index in [4.69, 9.17) is 9.72 Å². The van der Waals surface area contributed by atoms with Gasteiger partial charge in [0.05, 0.1) is 52.5 Å². The summed E-state index contributed by atoms with van der Waals surface area (Å²) >= 11 is 0. The van der Waals surface area contributed by atoms with E-state index in [0.717, 1.165) is 67.2 Å². The van der Waals surface area contributed by atoms with E-state index in [0.29, 0.717) is 6.67 Å². The summed E-state index contributed by atoms with van der Waals surface area (Å²) in [7, 11) is -1.76. The van der Waals surface area contributed by atoms with Gasteiger partial charge in [0.2, 0.25) is 0 Å². The van der Waals surface area contributed by atoms with Crippen molar-refractivity contribution in [1.29, 1.82) is 0 Å². The van der Waals surface area contributed by atoms with E-state index in [1.165, 1.54) is 81.6 Å². The zero-order chi connectivity index (χ0) is 57.4. The average Bonchev–Trinajstić information content (AvgIpc) is 1.78. The number of ether oxygens (including phenoxy) is 1. The molecule has 0 aliphatic carbocycles. The number of pyridine rings is 1. The first-order valence-corrected chi connectivity index (χ1v) is 33.0. The summed E-state index contributed by atoms with van der Waals surface area (Å²) < 4.78 is 14.7. The molecule has 0 spiro atoms. The Labute approximate surface area is 491 Å². The monoisotopic (exact) mass is 1110 g/mol. The van der Waals surface area contributed by atoms with Crippen molar-refractivity contribution in [1.82, 2.24) is 18.7 Å². The molecule has 7 heteroatoms. The molecule has 0 radical (unpaired) electrons. The average molecular weight is 1110 g/mol. The van der Waals surface area contributed by atoms with Crippen molar-refractivity contribution in [2.24, 2.45) is 0 Å². The van der Waals surface area contributed by atoms with Crippen LogP contribution in [0.1, 0.15) is 52.7 Å². The third-order valence-electron chi connectivity index (χ3n) is 17.6. The van der Waals surface area contributed by atoms with E-state index in [-0.39, 0.29) is 10.8 Å². The molecule has 0 atom stereocenters. The van der Waals surface area contributed by atoms with Crippen molar-refractivity contribution in [3.05, 3.63) is 242 Å². The van der Waals surface area contributed by atoms with Crippen LogP contribution in [0, 0.1) is 0 Å². The van der Waals surface area contributed by atoms with Gasteiger partial charge in [-0.3, -0.25) is 4.57 Å². The standard InChI is InChI=1S/C77H67N5OSi/c1-76(2,3)50-39-40-78-72(44-50)82-68-37-19-16-31-65(68)73-70(81-66-35-17-14-29-61(66)62-30-15-18-36-67(62)81)46-54(47-71(73)82)83-53-24-20-23-52(45-53)79-48-80-74-56(49-41-51(77(4,5)6)43-55(42-49)84(7,8)9)32-21-33-63(74)59-27-12-10-25-57(59)58-26-11-13-28-60(58)64-34-22-38-69(79)75(64)80/h10-47H,48H2,1-9H3. The molecule has 0 saturated heterocycles. The number of rotatable bonds is 7. The molecular formula is C77H67N5OSi. The predicted molar refractivity (Wildman–Crippen MR) is 359 cm³/mol. The fraction of sp³-hybridized carbons (Fsp3) is 0.156. The molecule has 15 rings (SSSR count). The molecule has 10 aromatic carbocycles. The summed E-state index contributed by atoms with van der Waals surface area (Å²) in [6.45, 7) is 21.8. The van der Waals surface area contributed by atoms with Crippen LogP contribution in [0.5, 0.6) is 11.5 Å². The Morgan fingerprint density at radius 1 is 0.417 bits per heavy atom. The Morgan fingerprint density at radius 3 is 1.60 bits per heavy atom. The molecule has 1 aliphatic heterocycles. The van der Waals surface area contributed by atoms with Crippen molar-refractivity contribution in [3.63, 3.8) is 0 Å². The molecule has 4 aromatic heterocycles. The van der Waals surface area contributed by atoms with E-state index in [2.05, 4.69) is 304 Å². The maximum atomic E-state index is 7.36. The van der Waals surface area contributed by atoms with Crippen LogP contribution in [-0.4, -0.2) is 26.8 Å². The third kappa shape index (κ3) is 8.30. The minimum Gasteiger partial charge on any atom is -0.457 e. The van der Waals surface area contributed by atoms with Gasteiger partial charge in [-0.1, -0.05) is 224 Å². The quantitative estimate of drug-likeness (QED) is 0.149. The largest absolute Gasteiger partial charge is 0.457 e. The molecule has 0 unspecified atom stereocenters. The zero-order valence-corrected chi connectivity index (χ0v) is 50.3. The summed E-state index contributed by atoms with van der Waals surface area (Å²) in [6, 6.07) is 83.2. The van der Waals surface area contributed by atoms with Crippen LogP contribution in [0.15, 0.2) is 231 Å². The summed E-state index contributed by atoms with van der Waals surface area (Å²) in [4.78, 5) is 7.60. The van der Waals surface area contributed by atoms with Gasteiger partial charge in [0, 0.05) is 68.0 Å². The van der Waals surface area contributed by atoms with Crippen molar-refractivity contribution in [2.75, 3.05) is 4.90 Å². The number of hydrogen-bond donors (Lipinski definition) is 0. The molecule has 6 nitrogen and oxygen atoms in total. The first kappa shape index (κ1) is 51.4. The first-order valence-electron chi connectivity index (χ1n) is 29.5. The van der Waals surface area contributed by atoms with Gasteiger partial charge in [-0.15, -0.1) is 0 Å². The van der Waals surface area contributed by atoms with E-state index < -0.39 is 8.07 Å². The van der Waals surface area contributed by atoms with E-state index in [1.807, 2.05) is 6.20 Å². The summed E-state index contributed by atoms with van der Waals surface area (Å²) in [5, 5.41) is 13.4.